The fourth-order valence-electron chi connectivity index (χ4n) is 3.79. The number of hydrogen-bond donors (Lipinski definition) is 0. The van der Waals surface area contributed by atoms with Gasteiger partial charge in [-0.2, -0.15) is 0 Å². The van der Waals surface area contributed by atoms with Crippen molar-refractivity contribution in [1.82, 2.24) is 4.90 Å². The molecule has 1 amide bonds. The Morgan fingerprint density at radius 2 is 1.69 bits per heavy atom. The molecule has 0 N–H and O–H groups in total. The SMILES string of the molecule is CC(C)(C)OC(=O)N1CC(=C(F)B2OC(C)(C)C(C)(C)O2)CC12CCC2. The lowest BCUT2D eigenvalue weighted by atomic mass is 9.73. The lowest BCUT2D eigenvalue weighted by molar-refractivity contribution is -0.00976. The maximum Gasteiger partial charge on any atom is 0.525 e. The van der Waals surface area contributed by atoms with Crippen LogP contribution in [0.5, 0.6) is 0 Å². The molecule has 3 rings (SSSR count). The minimum atomic E-state index is -1.01. The van der Waals surface area contributed by atoms with Gasteiger partial charge in [0.25, 0.3) is 0 Å². The zero-order valence-electron chi connectivity index (χ0n) is 17.1. The quantitative estimate of drug-likeness (QED) is 0.645. The molecule has 2 heterocycles. The Hall–Kier alpha value is -1.08. The molecule has 0 atom stereocenters. The Bertz CT molecular complexity index is 618. The van der Waals surface area contributed by atoms with Crippen LogP contribution < -0.4 is 0 Å². The van der Waals surface area contributed by atoms with E-state index in [4.69, 9.17) is 14.0 Å². The molecule has 3 aliphatic rings. The minimum absolute atomic E-state index is 0.241. The van der Waals surface area contributed by atoms with Gasteiger partial charge < -0.3 is 14.0 Å². The first-order chi connectivity index (χ1) is 11.8. The van der Waals surface area contributed by atoms with Gasteiger partial charge in [0.15, 0.2) is 0 Å². The Labute approximate surface area is 156 Å². The smallest absolute Gasteiger partial charge is 0.444 e. The van der Waals surface area contributed by atoms with E-state index in [-0.39, 0.29) is 23.9 Å². The number of rotatable bonds is 1. The van der Waals surface area contributed by atoms with Crippen LogP contribution in [0.25, 0.3) is 0 Å². The van der Waals surface area contributed by atoms with Gasteiger partial charge in [-0.3, -0.25) is 4.90 Å². The van der Waals surface area contributed by atoms with Gasteiger partial charge in [0.05, 0.1) is 16.7 Å². The molecule has 0 radical (unpaired) electrons. The first-order valence-corrected chi connectivity index (χ1v) is 9.50. The molecule has 7 heteroatoms. The highest BCUT2D eigenvalue weighted by molar-refractivity contribution is 6.53. The fraction of sp³-hybridized carbons (Fsp3) is 0.842. The van der Waals surface area contributed by atoms with E-state index in [0.29, 0.717) is 12.0 Å². The van der Waals surface area contributed by atoms with E-state index < -0.39 is 23.9 Å². The van der Waals surface area contributed by atoms with Crippen molar-refractivity contribution >= 4 is 13.2 Å². The zero-order chi connectivity index (χ0) is 19.5. The number of likely N-dealkylation sites (tertiary alicyclic amines) is 1. The van der Waals surface area contributed by atoms with Gasteiger partial charge in [0.1, 0.15) is 11.3 Å². The maximum absolute atomic E-state index is 15.2. The summed E-state index contributed by atoms with van der Waals surface area (Å²) in [5, 5.41) is 0. The third-order valence-electron chi connectivity index (χ3n) is 6.16. The van der Waals surface area contributed by atoms with Gasteiger partial charge in [-0.05, 0) is 79.7 Å². The Morgan fingerprint density at radius 1 is 1.15 bits per heavy atom. The third kappa shape index (κ3) is 3.28. The molecule has 2 saturated heterocycles. The minimum Gasteiger partial charge on any atom is -0.444 e. The van der Waals surface area contributed by atoms with Crippen molar-refractivity contribution in [1.29, 1.82) is 0 Å². The molecule has 1 saturated carbocycles. The second-order valence-corrected chi connectivity index (χ2v) is 9.86. The van der Waals surface area contributed by atoms with Crippen molar-refractivity contribution in [2.45, 2.75) is 96.5 Å². The summed E-state index contributed by atoms with van der Waals surface area (Å²) in [5.74, 6) is 0. The van der Waals surface area contributed by atoms with Crippen LogP contribution in [-0.2, 0) is 14.0 Å². The Kier molecular flexibility index (Phi) is 4.51. The highest BCUT2D eigenvalue weighted by atomic mass is 19.1. The van der Waals surface area contributed by atoms with Crippen LogP contribution >= 0.6 is 0 Å². The lowest BCUT2D eigenvalue weighted by Gasteiger charge is -2.45. The van der Waals surface area contributed by atoms with E-state index >= 15 is 4.39 Å². The summed E-state index contributed by atoms with van der Waals surface area (Å²) >= 11 is 0. The predicted octanol–water partition coefficient (Wildman–Crippen LogP) is 4.40. The number of halogens is 1. The van der Waals surface area contributed by atoms with Crippen LogP contribution in [0.3, 0.4) is 0 Å². The second kappa shape index (κ2) is 5.96. The lowest BCUT2D eigenvalue weighted by Crippen LogP contribution is -2.53. The monoisotopic (exact) mass is 367 g/mol. The van der Waals surface area contributed by atoms with E-state index in [9.17, 15) is 4.79 Å². The topological polar surface area (TPSA) is 48.0 Å². The maximum atomic E-state index is 15.2. The molecule has 2 aliphatic heterocycles. The largest absolute Gasteiger partial charge is 0.525 e. The summed E-state index contributed by atoms with van der Waals surface area (Å²) in [6.07, 6.45) is 2.97. The van der Waals surface area contributed by atoms with E-state index in [0.717, 1.165) is 19.3 Å². The van der Waals surface area contributed by atoms with Crippen LogP contribution in [0.2, 0.25) is 0 Å². The normalized spacial score (nSPS) is 28.3. The molecule has 146 valence electrons. The van der Waals surface area contributed by atoms with Gasteiger partial charge in [0, 0.05) is 6.54 Å². The predicted molar refractivity (Wildman–Crippen MR) is 98.4 cm³/mol. The number of nitrogens with zero attached hydrogens (tertiary/aromatic N) is 1. The summed E-state index contributed by atoms with van der Waals surface area (Å²) in [7, 11) is -1.01. The van der Waals surface area contributed by atoms with Crippen LogP contribution in [-0.4, -0.2) is 47.0 Å². The summed E-state index contributed by atoms with van der Waals surface area (Å²) in [6.45, 7) is 13.4. The Balaban J connectivity index is 1.82. The van der Waals surface area contributed by atoms with E-state index in [2.05, 4.69) is 0 Å². The summed E-state index contributed by atoms with van der Waals surface area (Å²) < 4.78 is 32.5. The summed E-state index contributed by atoms with van der Waals surface area (Å²) in [5.41, 5.74) is -1.85. The average Bonchev–Trinajstić information content (AvgIpc) is 2.92. The number of hydrogen-bond acceptors (Lipinski definition) is 4. The molecule has 0 aromatic heterocycles. The molecule has 1 spiro atoms. The van der Waals surface area contributed by atoms with Crippen molar-refractivity contribution in [3.63, 3.8) is 0 Å². The van der Waals surface area contributed by atoms with Crippen LogP contribution in [0.4, 0.5) is 9.18 Å². The molecule has 5 nitrogen and oxygen atoms in total. The Morgan fingerprint density at radius 3 is 2.12 bits per heavy atom. The molecule has 0 aromatic rings. The number of amides is 1. The van der Waals surface area contributed by atoms with Crippen LogP contribution in [0.15, 0.2) is 11.3 Å². The van der Waals surface area contributed by atoms with Gasteiger partial charge in [-0.25, -0.2) is 9.18 Å². The second-order valence-electron chi connectivity index (χ2n) is 9.86. The molecule has 0 aromatic carbocycles. The highest BCUT2D eigenvalue weighted by Crippen LogP contribution is 2.49. The highest BCUT2D eigenvalue weighted by Gasteiger charge is 2.56. The van der Waals surface area contributed by atoms with E-state index in [1.807, 2.05) is 48.5 Å². The van der Waals surface area contributed by atoms with Gasteiger partial charge in [-0.15, -0.1) is 0 Å². The van der Waals surface area contributed by atoms with Gasteiger partial charge in [0.2, 0.25) is 0 Å². The van der Waals surface area contributed by atoms with Crippen molar-refractivity contribution in [3.05, 3.63) is 11.3 Å². The fourth-order valence-corrected chi connectivity index (χ4v) is 3.79. The first-order valence-electron chi connectivity index (χ1n) is 9.50. The van der Waals surface area contributed by atoms with Crippen molar-refractivity contribution in [3.8, 4) is 0 Å². The van der Waals surface area contributed by atoms with E-state index in [1.165, 1.54) is 0 Å². The van der Waals surface area contributed by atoms with Crippen LogP contribution in [0.1, 0.15) is 74.1 Å². The standard InChI is InChI=1S/C19H31BFNO4/c1-16(2,3)24-15(23)22-12-13(11-19(22)9-8-10-19)14(21)20-25-17(4,5)18(6,7)26-20/h8-12H2,1-7H3. The summed E-state index contributed by atoms with van der Waals surface area (Å²) in [4.78, 5) is 14.4. The third-order valence-corrected chi connectivity index (χ3v) is 6.16. The van der Waals surface area contributed by atoms with E-state index in [1.54, 1.807) is 4.90 Å². The van der Waals surface area contributed by atoms with Gasteiger partial charge >= 0.3 is 13.2 Å². The molecule has 26 heavy (non-hydrogen) atoms. The van der Waals surface area contributed by atoms with Crippen molar-refractivity contribution < 1.29 is 23.2 Å². The molecule has 0 unspecified atom stereocenters. The average molecular weight is 367 g/mol. The molecule has 0 bridgehead atoms. The van der Waals surface area contributed by atoms with Gasteiger partial charge in [-0.1, -0.05) is 0 Å². The van der Waals surface area contributed by atoms with Crippen molar-refractivity contribution in [2.75, 3.05) is 6.54 Å². The summed E-state index contributed by atoms with van der Waals surface area (Å²) in [6, 6.07) is 0. The number of carbonyl (C=O) groups excluding carboxylic acids is 1. The number of carbonyl (C=O) groups is 1. The number of ether oxygens (including phenoxy) is 1. The first kappa shape index (κ1) is 19.7. The molecule has 1 aliphatic carbocycles. The molecular weight excluding hydrogens is 336 g/mol. The molecule has 3 fully saturated rings. The zero-order valence-corrected chi connectivity index (χ0v) is 17.1. The van der Waals surface area contributed by atoms with Crippen LogP contribution in [0, 0.1) is 0 Å². The molecular formula is C19H31BFNO4. The van der Waals surface area contributed by atoms with Crippen molar-refractivity contribution in [2.24, 2.45) is 0 Å².